The summed E-state index contributed by atoms with van der Waals surface area (Å²) in [6, 6.07) is 0. The minimum atomic E-state index is -5.08. The van der Waals surface area contributed by atoms with Crippen LogP contribution in [0.1, 0.15) is 19.3 Å². The van der Waals surface area contributed by atoms with Crippen molar-refractivity contribution in [2.45, 2.75) is 25.4 Å². The molecule has 2 N–H and O–H groups in total. The molecule has 0 bridgehead atoms. The third kappa shape index (κ3) is 6.27. The minimum Gasteiger partial charge on any atom is -0.475 e. The first-order valence-electron chi connectivity index (χ1n) is 3.91. The number of amides is 1. The second-order valence-corrected chi connectivity index (χ2v) is 2.61. The minimum absolute atomic E-state index is 0.214. The van der Waals surface area contributed by atoms with Gasteiger partial charge in [-0.3, -0.25) is 4.79 Å². The number of carboxylic acid groups (broad SMARTS) is 1. The Balaban J connectivity index is 0.000000241. The molecule has 0 spiro atoms. The lowest BCUT2D eigenvalue weighted by Crippen LogP contribution is -2.28. The van der Waals surface area contributed by atoms with E-state index in [9.17, 15) is 18.0 Å². The van der Waals surface area contributed by atoms with E-state index in [1.54, 1.807) is 0 Å². The van der Waals surface area contributed by atoms with Crippen molar-refractivity contribution in [1.82, 2.24) is 5.32 Å². The monoisotopic (exact) mass is 213 g/mol. The number of piperidine rings is 1. The van der Waals surface area contributed by atoms with Crippen LogP contribution in [0.2, 0.25) is 0 Å². The van der Waals surface area contributed by atoms with Crippen molar-refractivity contribution >= 4 is 11.9 Å². The van der Waals surface area contributed by atoms with E-state index in [0.29, 0.717) is 0 Å². The Morgan fingerprint density at radius 1 is 1.36 bits per heavy atom. The number of carboxylic acids is 1. The number of aliphatic carboxylic acids is 1. The van der Waals surface area contributed by atoms with Crippen LogP contribution in [0.25, 0.3) is 0 Å². The van der Waals surface area contributed by atoms with Gasteiger partial charge < -0.3 is 10.4 Å². The predicted molar refractivity (Wildman–Crippen MR) is 40.6 cm³/mol. The van der Waals surface area contributed by atoms with E-state index < -0.39 is 12.1 Å². The largest absolute Gasteiger partial charge is 0.490 e. The summed E-state index contributed by atoms with van der Waals surface area (Å²) >= 11 is 0. The highest BCUT2D eigenvalue weighted by Crippen LogP contribution is 2.13. The number of rotatable bonds is 0. The Hall–Kier alpha value is -1.27. The first-order valence-corrected chi connectivity index (χ1v) is 3.91. The molecule has 1 heterocycles. The van der Waals surface area contributed by atoms with Crippen molar-refractivity contribution in [3.63, 3.8) is 0 Å². The van der Waals surface area contributed by atoms with Gasteiger partial charge in [-0.15, -0.1) is 0 Å². The van der Waals surface area contributed by atoms with Crippen molar-refractivity contribution in [3.05, 3.63) is 0 Å². The summed E-state index contributed by atoms with van der Waals surface area (Å²) in [6.07, 6.45) is -2.11. The van der Waals surface area contributed by atoms with Gasteiger partial charge in [0.1, 0.15) is 0 Å². The average Bonchev–Trinajstić information content (AvgIpc) is 2.04. The molecule has 1 amide bonds. The molecule has 0 atom stereocenters. The highest BCUT2D eigenvalue weighted by Gasteiger charge is 2.38. The van der Waals surface area contributed by atoms with Gasteiger partial charge in [0, 0.05) is 13.0 Å². The van der Waals surface area contributed by atoms with E-state index in [-0.39, 0.29) is 5.91 Å². The standard InChI is InChI=1S/C5H9NO.C2HF3O2/c7-5-3-1-2-4-6-5;3-2(4,5)1(6)7/h1-4H2,(H,6,7);(H,6,7). The normalized spacial score (nSPS) is 16.4. The second-order valence-electron chi connectivity index (χ2n) is 2.61. The van der Waals surface area contributed by atoms with E-state index in [2.05, 4.69) is 5.32 Å². The summed E-state index contributed by atoms with van der Waals surface area (Å²) in [5.41, 5.74) is 0. The number of nitrogens with one attached hydrogen (secondary N) is 1. The Kier molecular flexibility index (Phi) is 4.96. The first kappa shape index (κ1) is 12.7. The van der Waals surface area contributed by atoms with Crippen LogP contribution in [0, 0.1) is 0 Å². The SMILES string of the molecule is O=C(O)C(F)(F)F.O=C1CCCCN1. The maximum Gasteiger partial charge on any atom is 0.490 e. The van der Waals surface area contributed by atoms with Crippen LogP contribution in [-0.2, 0) is 9.59 Å². The Morgan fingerprint density at radius 2 is 1.86 bits per heavy atom. The van der Waals surface area contributed by atoms with E-state index in [0.717, 1.165) is 25.8 Å². The first-order chi connectivity index (χ1) is 6.34. The van der Waals surface area contributed by atoms with Crippen molar-refractivity contribution in [2.75, 3.05) is 6.54 Å². The molecule has 1 aliphatic heterocycles. The Morgan fingerprint density at radius 3 is 2.00 bits per heavy atom. The molecule has 4 nitrogen and oxygen atoms in total. The van der Waals surface area contributed by atoms with Gasteiger partial charge in [-0.2, -0.15) is 13.2 Å². The van der Waals surface area contributed by atoms with Crippen LogP contribution in [-0.4, -0.2) is 29.7 Å². The lowest BCUT2D eigenvalue weighted by Gasteiger charge is -2.08. The topological polar surface area (TPSA) is 66.4 Å². The molecular formula is C7H10F3NO3. The fourth-order valence-corrected chi connectivity index (χ4v) is 0.727. The quantitative estimate of drug-likeness (QED) is 0.628. The summed E-state index contributed by atoms with van der Waals surface area (Å²) < 4.78 is 31.7. The summed E-state index contributed by atoms with van der Waals surface area (Å²) in [5.74, 6) is -2.54. The third-order valence-corrected chi connectivity index (χ3v) is 1.40. The zero-order valence-electron chi connectivity index (χ0n) is 7.23. The van der Waals surface area contributed by atoms with Gasteiger partial charge in [0.2, 0.25) is 5.91 Å². The molecule has 7 heteroatoms. The fraction of sp³-hybridized carbons (Fsp3) is 0.714. The summed E-state index contributed by atoms with van der Waals surface area (Å²) in [4.78, 5) is 19.2. The number of hydrogen-bond donors (Lipinski definition) is 2. The van der Waals surface area contributed by atoms with Gasteiger partial charge in [0.15, 0.2) is 0 Å². The molecule has 0 radical (unpaired) electrons. The second kappa shape index (κ2) is 5.46. The maximum atomic E-state index is 10.6. The number of alkyl halides is 3. The summed E-state index contributed by atoms with van der Waals surface area (Å²) in [5, 5.41) is 9.87. The zero-order chi connectivity index (χ0) is 11.2. The van der Waals surface area contributed by atoms with Crippen molar-refractivity contribution in [1.29, 1.82) is 0 Å². The van der Waals surface area contributed by atoms with Gasteiger partial charge in [-0.05, 0) is 12.8 Å². The number of halogens is 3. The van der Waals surface area contributed by atoms with Crippen LogP contribution in [0.4, 0.5) is 13.2 Å². The maximum absolute atomic E-state index is 10.6. The molecule has 0 aliphatic carbocycles. The lowest BCUT2D eigenvalue weighted by molar-refractivity contribution is -0.192. The Bertz CT molecular complexity index is 207. The van der Waals surface area contributed by atoms with Gasteiger partial charge in [0.25, 0.3) is 0 Å². The zero-order valence-corrected chi connectivity index (χ0v) is 7.23. The van der Waals surface area contributed by atoms with Gasteiger partial charge in [-0.25, -0.2) is 4.79 Å². The van der Waals surface area contributed by atoms with Crippen LogP contribution < -0.4 is 5.32 Å². The van der Waals surface area contributed by atoms with Crippen LogP contribution in [0.15, 0.2) is 0 Å². The molecule has 0 aromatic heterocycles. The molecule has 1 aliphatic rings. The molecule has 0 aromatic rings. The molecule has 82 valence electrons. The van der Waals surface area contributed by atoms with E-state index in [1.165, 1.54) is 0 Å². The summed E-state index contributed by atoms with van der Waals surface area (Å²) in [7, 11) is 0. The molecule has 1 saturated heterocycles. The molecule has 0 saturated carbocycles. The highest BCUT2D eigenvalue weighted by molar-refractivity contribution is 5.76. The molecular weight excluding hydrogens is 203 g/mol. The van der Waals surface area contributed by atoms with Crippen LogP contribution in [0.5, 0.6) is 0 Å². The predicted octanol–water partition coefficient (Wildman–Crippen LogP) is 0.920. The number of hydrogen-bond acceptors (Lipinski definition) is 2. The van der Waals surface area contributed by atoms with Gasteiger partial charge >= 0.3 is 12.1 Å². The molecule has 0 unspecified atom stereocenters. The van der Waals surface area contributed by atoms with E-state index in [1.807, 2.05) is 0 Å². The van der Waals surface area contributed by atoms with Crippen LogP contribution >= 0.6 is 0 Å². The fourth-order valence-electron chi connectivity index (χ4n) is 0.727. The van der Waals surface area contributed by atoms with Crippen molar-refractivity contribution < 1.29 is 27.9 Å². The number of carbonyl (C=O) groups excluding carboxylic acids is 1. The molecule has 1 rings (SSSR count). The summed E-state index contributed by atoms with van der Waals surface area (Å²) in [6.45, 7) is 0.888. The number of carbonyl (C=O) groups is 2. The smallest absolute Gasteiger partial charge is 0.475 e. The average molecular weight is 213 g/mol. The lowest BCUT2D eigenvalue weighted by atomic mass is 10.2. The van der Waals surface area contributed by atoms with Crippen molar-refractivity contribution in [2.24, 2.45) is 0 Å². The molecule has 0 aromatic carbocycles. The molecule has 1 fully saturated rings. The van der Waals surface area contributed by atoms with Crippen LogP contribution in [0.3, 0.4) is 0 Å². The van der Waals surface area contributed by atoms with Gasteiger partial charge in [-0.1, -0.05) is 0 Å². The van der Waals surface area contributed by atoms with Gasteiger partial charge in [0.05, 0.1) is 0 Å². The van der Waals surface area contributed by atoms with E-state index >= 15 is 0 Å². The Labute approximate surface area is 78.1 Å². The van der Waals surface area contributed by atoms with E-state index in [4.69, 9.17) is 9.90 Å². The highest BCUT2D eigenvalue weighted by atomic mass is 19.4. The molecule has 14 heavy (non-hydrogen) atoms. The third-order valence-electron chi connectivity index (χ3n) is 1.40. The van der Waals surface area contributed by atoms with Crippen molar-refractivity contribution in [3.8, 4) is 0 Å².